The van der Waals surface area contributed by atoms with E-state index >= 15 is 0 Å². The van der Waals surface area contributed by atoms with Crippen molar-refractivity contribution in [3.63, 3.8) is 0 Å². The van der Waals surface area contributed by atoms with Crippen molar-refractivity contribution in [2.24, 2.45) is 11.5 Å². The summed E-state index contributed by atoms with van der Waals surface area (Å²) in [4.78, 5) is 10.6. The lowest BCUT2D eigenvalue weighted by Crippen LogP contribution is -2.40. The minimum absolute atomic E-state index is 0. The Labute approximate surface area is 92.8 Å². The molecule has 0 aromatic carbocycles. The molecule has 3 nitrogen and oxygen atoms in total. The molecule has 0 aliphatic heterocycles. The number of carbonyl (C=O) groups excluding carboxylic acids is 1. The van der Waals surface area contributed by atoms with Gasteiger partial charge in [0.25, 0.3) is 5.78 Å². The molecule has 1 atom stereocenters. The highest BCUT2D eigenvalue weighted by molar-refractivity contribution is 5.88. The Bertz CT molecular complexity index is 187. The van der Waals surface area contributed by atoms with E-state index in [9.17, 15) is 18.0 Å². The van der Waals surface area contributed by atoms with Crippen molar-refractivity contribution in [3.8, 4) is 0 Å². The summed E-state index contributed by atoms with van der Waals surface area (Å²) in [6.45, 7) is 0.502. The largest absolute Gasteiger partial charge is 0.451 e. The number of hydrogen-bond acceptors (Lipinski definition) is 3. The summed E-state index contributed by atoms with van der Waals surface area (Å²) in [6.07, 6.45) is -2.80. The first-order chi connectivity index (χ1) is 6.39. The Hall–Kier alpha value is -0.330. The number of ketones is 1. The highest BCUT2D eigenvalue weighted by atomic mass is 35.5. The van der Waals surface area contributed by atoms with Gasteiger partial charge in [0.15, 0.2) is 0 Å². The van der Waals surface area contributed by atoms with Crippen molar-refractivity contribution in [1.82, 2.24) is 0 Å². The van der Waals surface area contributed by atoms with E-state index < -0.39 is 18.0 Å². The Kier molecular flexibility index (Phi) is 8.99. The topological polar surface area (TPSA) is 69.1 Å². The van der Waals surface area contributed by atoms with Gasteiger partial charge in [-0.15, -0.1) is 12.4 Å². The van der Waals surface area contributed by atoms with Gasteiger partial charge in [-0.05, 0) is 19.4 Å². The van der Waals surface area contributed by atoms with Crippen LogP contribution in [0.1, 0.15) is 25.7 Å². The fourth-order valence-electron chi connectivity index (χ4n) is 1.03. The highest BCUT2D eigenvalue weighted by Gasteiger charge is 2.41. The zero-order valence-corrected chi connectivity index (χ0v) is 9.03. The number of carbonyl (C=O) groups is 1. The van der Waals surface area contributed by atoms with Gasteiger partial charge in [-0.1, -0.05) is 12.8 Å². The molecular weight excluding hydrogens is 233 g/mol. The molecule has 0 saturated heterocycles. The second kappa shape index (κ2) is 7.90. The van der Waals surface area contributed by atoms with E-state index in [-0.39, 0.29) is 18.8 Å². The average Bonchev–Trinajstić information content (AvgIpc) is 2.09. The van der Waals surface area contributed by atoms with Crippen LogP contribution in [0.15, 0.2) is 0 Å². The third kappa shape index (κ3) is 7.58. The van der Waals surface area contributed by atoms with E-state index in [1.165, 1.54) is 0 Å². The van der Waals surface area contributed by atoms with E-state index in [1.807, 2.05) is 0 Å². The normalized spacial score (nSPS) is 13.1. The smallest absolute Gasteiger partial charge is 0.330 e. The number of hydrogen-bond donors (Lipinski definition) is 2. The fraction of sp³-hybridized carbons (Fsp3) is 0.875. The summed E-state index contributed by atoms with van der Waals surface area (Å²) >= 11 is 0. The first-order valence-corrected chi connectivity index (χ1v) is 4.46. The molecule has 15 heavy (non-hydrogen) atoms. The van der Waals surface area contributed by atoms with Crippen LogP contribution in [0.2, 0.25) is 0 Å². The molecule has 4 N–H and O–H groups in total. The summed E-state index contributed by atoms with van der Waals surface area (Å²) < 4.78 is 35.5. The van der Waals surface area contributed by atoms with Gasteiger partial charge in [-0.25, -0.2) is 0 Å². The Morgan fingerprint density at radius 2 is 1.73 bits per heavy atom. The first kappa shape index (κ1) is 17.1. The molecular formula is C8H16ClF3N2O. The Morgan fingerprint density at radius 1 is 1.20 bits per heavy atom. The molecule has 0 fully saturated rings. The molecule has 0 aliphatic rings. The molecule has 7 heteroatoms. The summed E-state index contributed by atoms with van der Waals surface area (Å²) in [5.41, 5.74) is 10.3. The molecule has 0 radical (unpaired) electrons. The van der Waals surface area contributed by atoms with E-state index in [0.717, 1.165) is 6.42 Å². The zero-order valence-electron chi connectivity index (χ0n) is 8.22. The Balaban J connectivity index is 0. The molecule has 0 saturated carbocycles. The van der Waals surface area contributed by atoms with Crippen molar-refractivity contribution in [3.05, 3.63) is 0 Å². The molecule has 0 aromatic rings. The predicted molar refractivity (Wildman–Crippen MR) is 53.8 cm³/mol. The fourth-order valence-corrected chi connectivity index (χ4v) is 1.03. The number of Topliss-reactive ketones (excluding diaryl/α,β-unsaturated/α-hetero) is 1. The van der Waals surface area contributed by atoms with Gasteiger partial charge >= 0.3 is 6.18 Å². The predicted octanol–water partition coefficient (Wildman–Crippen LogP) is 1.39. The van der Waals surface area contributed by atoms with Crippen LogP contribution in [0, 0.1) is 0 Å². The first-order valence-electron chi connectivity index (χ1n) is 4.46. The van der Waals surface area contributed by atoms with Gasteiger partial charge in [-0.2, -0.15) is 13.2 Å². The third-order valence-corrected chi connectivity index (χ3v) is 1.84. The van der Waals surface area contributed by atoms with Gasteiger partial charge in [0, 0.05) is 0 Å². The lowest BCUT2D eigenvalue weighted by atomic mass is 10.1. The molecule has 0 heterocycles. The van der Waals surface area contributed by atoms with E-state index in [4.69, 9.17) is 11.5 Å². The average molecular weight is 249 g/mol. The van der Waals surface area contributed by atoms with Gasteiger partial charge in [0.1, 0.15) is 0 Å². The van der Waals surface area contributed by atoms with E-state index in [1.54, 1.807) is 0 Å². The Morgan fingerprint density at radius 3 is 2.13 bits per heavy atom. The van der Waals surface area contributed by atoms with Gasteiger partial charge in [0.05, 0.1) is 6.04 Å². The van der Waals surface area contributed by atoms with Crippen molar-refractivity contribution < 1.29 is 18.0 Å². The van der Waals surface area contributed by atoms with Gasteiger partial charge in [0.2, 0.25) is 0 Å². The standard InChI is InChI=1S/C8H15F3N2O.ClH/c9-8(10,11)7(14)6(13)4-2-1-3-5-12;/h6H,1-5,12-13H2;1H. The number of unbranched alkanes of at least 4 members (excludes halogenated alkanes) is 2. The van der Waals surface area contributed by atoms with Crippen LogP contribution in [0.25, 0.3) is 0 Å². The molecule has 1 unspecified atom stereocenters. The van der Waals surface area contributed by atoms with Crippen molar-refractivity contribution in [2.75, 3.05) is 6.54 Å². The van der Waals surface area contributed by atoms with Crippen LogP contribution in [0.5, 0.6) is 0 Å². The van der Waals surface area contributed by atoms with Crippen molar-refractivity contribution >= 4 is 18.2 Å². The van der Waals surface area contributed by atoms with E-state index in [2.05, 4.69) is 0 Å². The number of halogens is 4. The quantitative estimate of drug-likeness (QED) is 0.698. The monoisotopic (exact) mass is 248 g/mol. The van der Waals surface area contributed by atoms with Gasteiger partial charge < -0.3 is 11.5 Å². The maximum atomic E-state index is 11.8. The van der Waals surface area contributed by atoms with Crippen molar-refractivity contribution in [1.29, 1.82) is 0 Å². The molecule has 92 valence electrons. The summed E-state index contributed by atoms with van der Waals surface area (Å²) in [7, 11) is 0. The third-order valence-electron chi connectivity index (χ3n) is 1.84. The molecule has 0 spiro atoms. The lowest BCUT2D eigenvalue weighted by molar-refractivity contribution is -0.172. The minimum atomic E-state index is -4.81. The molecule has 0 rings (SSSR count). The summed E-state index contributed by atoms with van der Waals surface area (Å²) in [6, 6.07) is -1.42. The highest BCUT2D eigenvalue weighted by Crippen LogP contribution is 2.19. The second-order valence-corrected chi connectivity index (χ2v) is 3.11. The zero-order chi connectivity index (χ0) is 11.2. The number of alkyl halides is 3. The van der Waals surface area contributed by atoms with Crippen LogP contribution in [0.3, 0.4) is 0 Å². The van der Waals surface area contributed by atoms with Crippen LogP contribution in [-0.4, -0.2) is 24.5 Å². The summed E-state index contributed by atoms with van der Waals surface area (Å²) in [5.74, 6) is -1.84. The molecule has 0 bridgehead atoms. The van der Waals surface area contributed by atoms with Gasteiger partial charge in [-0.3, -0.25) is 4.79 Å². The molecule has 0 aromatic heterocycles. The van der Waals surface area contributed by atoms with Crippen LogP contribution < -0.4 is 11.5 Å². The number of nitrogens with two attached hydrogens (primary N) is 2. The SMILES string of the molecule is Cl.NCCCCCC(N)C(=O)C(F)(F)F. The van der Waals surface area contributed by atoms with E-state index in [0.29, 0.717) is 19.4 Å². The van der Waals surface area contributed by atoms with Crippen LogP contribution in [0.4, 0.5) is 13.2 Å². The lowest BCUT2D eigenvalue weighted by Gasteiger charge is -2.12. The minimum Gasteiger partial charge on any atom is -0.330 e. The van der Waals surface area contributed by atoms with Crippen LogP contribution in [-0.2, 0) is 4.79 Å². The second-order valence-electron chi connectivity index (χ2n) is 3.11. The molecule has 0 amide bonds. The molecule has 0 aliphatic carbocycles. The number of rotatable bonds is 6. The van der Waals surface area contributed by atoms with Crippen molar-refractivity contribution in [2.45, 2.75) is 37.9 Å². The maximum absolute atomic E-state index is 11.8. The van der Waals surface area contributed by atoms with Crippen LogP contribution >= 0.6 is 12.4 Å². The maximum Gasteiger partial charge on any atom is 0.451 e. The summed E-state index contributed by atoms with van der Waals surface area (Å²) in [5, 5.41) is 0.